The van der Waals surface area contributed by atoms with Crippen LogP contribution in [0.5, 0.6) is 0 Å². The smallest absolute Gasteiger partial charge is 0.318 e. The molecule has 1 atom stereocenters. The molecule has 0 aliphatic carbocycles. The number of nitrogens with one attached hydrogen (secondary N) is 1. The highest BCUT2D eigenvalue weighted by Gasteiger charge is 2.24. The van der Waals surface area contributed by atoms with Crippen molar-refractivity contribution in [2.24, 2.45) is 0 Å². The van der Waals surface area contributed by atoms with Gasteiger partial charge in [0.2, 0.25) is 0 Å². The molecule has 1 N–H and O–H groups in total. The number of aromatic nitrogens is 2. The molecule has 0 saturated carbocycles. The molecule has 5 aromatic rings. The number of amides is 2. The Kier molecular flexibility index (Phi) is 5.97. The van der Waals surface area contributed by atoms with Crippen molar-refractivity contribution in [2.45, 2.75) is 13.0 Å². The largest absolute Gasteiger partial charge is 0.322 e. The molecule has 4 aromatic carbocycles. The number of benzene rings is 4. The van der Waals surface area contributed by atoms with E-state index in [9.17, 15) is 9.59 Å². The van der Waals surface area contributed by atoms with Crippen molar-refractivity contribution in [1.29, 1.82) is 0 Å². The summed E-state index contributed by atoms with van der Waals surface area (Å²) in [5.74, 6) is 0.465. The van der Waals surface area contributed by atoms with Crippen molar-refractivity contribution >= 4 is 45.0 Å². The minimum Gasteiger partial charge on any atom is -0.318 e. The molecule has 1 aromatic heterocycles. The zero-order chi connectivity index (χ0) is 24.5. The third kappa shape index (κ3) is 4.36. The second-order valence-corrected chi connectivity index (χ2v) is 8.82. The molecule has 35 heavy (non-hydrogen) atoms. The van der Waals surface area contributed by atoms with Gasteiger partial charge in [0.05, 0.1) is 22.6 Å². The fourth-order valence-corrected chi connectivity index (χ4v) is 4.31. The maximum absolute atomic E-state index is 13.7. The number of hydrogen-bond donors (Lipinski definition) is 1. The van der Waals surface area contributed by atoms with E-state index in [1.807, 2.05) is 67.6 Å². The van der Waals surface area contributed by atoms with Gasteiger partial charge in [-0.2, -0.15) is 0 Å². The molecule has 5 rings (SSSR count). The summed E-state index contributed by atoms with van der Waals surface area (Å²) in [6.07, 6.45) is 0. The van der Waals surface area contributed by atoms with Crippen LogP contribution in [0.25, 0.3) is 27.4 Å². The average molecular weight is 483 g/mol. The molecule has 1 unspecified atom stereocenters. The average Bonchev–Trinajstić information content (AvgIpc) is 2.87. The standard InChI is InChI=1S/C28H23ClN4O2/c1-18(32(2)28(35)30-22-11-7-10-21(29)17-22)26-31-25-13-6-5-12-24(25)27(34)33(26)23-15-14-19-8-3-4-9-20(19)16-23/h3-18H,1-2H3,(H,30,35). The molecular weight excluding hydrogens is 460 g/mol. The number of anilines is 1. The molecule has 2 amide bonds. The van der Waals surface area contributed by atoms with Gasteiger partial charge in [-0.25, -0.2) is 9.78 Å². The van der Waals surface area contributed by atoms with Crippen LogP contribution in [0.3, 0.4) is 0 Å². The first-order valence-electron chi connectivity index (χ1n) is 11.2. The number of carbonyl (C=O) groups is 1. The van der Waals surface area contributed by atoms with Gasteiger partial charge in [0.1, 0.15) is 5.82 Å². The Labute approximate surface area is 207 Å². The number of para-hydroxylation sites is 1. The first-order valence-corrected chi connectivity index (χ1v) is 11.6. The van der Waals surface area contributed by atoms with Gasteiger partial charge in [-0.3, -0.25) is 9.36 Å². The molecule has 1 heterocycles. The lowest BCUT2D eigenvalue weighted by atomic mass is 10.1. The maximum Gasteiger partial charge on any atom is 0.322 e. The Morgan fingerprint density at radius 2 is 1.69 bits per heavy atom. The van der Waals surface area contributed by atoms with E-state index in [4.69, 9.17) is 16.6 Å². The van der Waals surface area contributed by atoms with E-state index in [-0.39, 0.29) is 11.6 Å². The Morgan fingerprint density at radius 1 is 0.943 bits per heavy atom. The molecular formula is C28H23ClN4O2. The molecule has 0 aliphatic heterocycles. The predicted molar refractivity (Wildman–Crippen MR) is 141 cm³/mol. The number of hydrogen-bond acceptors (Lipinski definition) is 3. The predicted octanol–water partition coefficient (Wildman–Crippen LogP) is 6.42. The van der Waals surface area contributed by atoms with E-state index in [0.717, 1.165) is 10.8 Å². The second-order valence-electron chi connectivity index (χ2n) is 8.39. The van der Waals surface area contributed by atoms with Crippen LogP contribution in [-0.2, 0) is 0 Å². The number of rotatable bonds is 4. The van der Waals surface area contributed by atoms with Gasteiger partial charge < -0.3 is 10.2 Å². The summed E-state index contributed by atoms with van der Waals surface area (Å²) in [5.41, 5.74) is 1.67. The summed E-state index contributed by atoms with van der Waals surface area (Å²) in [6, 6.07) is 27.2. The van der Waals surface area contributed by atoms with Crippen LogP contribution in [-0.4, -0.2) is 27.5 Å². The highest BCUT2D eigenvalue weighted by molar-refractivity contribution is 6.30. The monoisotopic (exact) mass is 482 g/mol. The van der Waals surface area contributed by atoms with E-state index in [1.54, 1.807) is 41.9 Å². The lowest BCUT2D eigenvalue weighted by molar-refractivity contribution is 0.205. The lowest BCUT2D eigenvalue weighted by Crippen LogP contribution is -2.37. The summed E-state index contributed by atoms with van der Waals surface area (Å²) < 4.78 is 1.60. The Balaban J connectivity index is 1.61. The van der Waals surface area contributed by atoms with Crippen LogP contribution < -0.4 is 10.9 Å². The van der Waals surface area contributed by atoms with Gasteiger partial charge in [-0.15, -0.1) is 0 Å². The van der Waals surface area contributed by atoms with E-state index in [2.05, 4.69) is 5.32 Å². The van der Waals surface area contributed by atoms with Crippen molar-refractivity contribution in [2.75, 3.05) is 12.4 Å². The molecule has 0 bridgehead atoms. The van der Waals surface area contributed by atoms with Gasteiger partial charge in [0, 0.05) is 17.8 Å². The third-order valence-electron chi connectivity index (χ3n) is 6.14. The quantitative estimate of drug-likeness (QED) is 0.321. The first kappa shape index (κ1) is 22.6. The molecule has 174 valence electrons. The lowest BCUT2D eigenvalue weighted by Gasteiger charge is -2.27. The van der Waals surface area contributed by atoms with Crippen molar-refractivity contribution in [1.82, 2.24) is 14.5 Å². The van der Waals surface area contributed by atoms with Crippen molar-refractivity contribution in [3.63, 3.8) is 0 Å². The van der Waals surface area contributed by atoms with Crippen LogP contribution in [0, 0.1) is 0 Å². The van der Waals surface area contributed by atoms with Gasteiger partial charge in [0.25, 0.3) is 5.56 Å². The van der Waals surface area contributed by atoms with Crippen molar-refractivity contribution in [3.05, 3.63) is 112 Å². The van der Waals surface area contributed by atoms with Gasteiger partial charge in [0.15, 0.2) is 0 Å². The van der Waals surface area contributed by atoms with E-state index >= 15 is 0 Å². The van der Waals surface area contributed by atoms with Crippen molar-refractivity contribution in [3.8, 4) is 5.69 Å². The van der Waals surface area contributed by atoms with Crippen LogP contribution in [0.4, 0.5) is 10.5 Å². The first-order chi connectivity index (χ1) is 16.9. The Hall–Kier alpha value is -4.16. The number of nitrogens with zero attached hydrogens (tertiary/aromatic N) is 3. The van der Waals surface area contributed by atoms with E-state index < -0.39 is 6.04 Å². The second kappa shape index (κ2) is 9.24. The molecule has 6 nitrogen and oxygen atoms in total. The van der Waals surface area contributed by atoms with Crippen LogP contribution in [0.1, 0.15) is 18.8 Å². The normalized spacial score (nSPS) is 12.0. The third-order valence-corrected chi connectivity index (χ3v) is 6.38. The highest BCUT2D eigenvalue weighted by atomic mass is 35.5. The molecule has 7 heteroatoms. The topological polar surface area (TPSA) is 67.2 Å². The zero-order valence-corrected chi connectivity index (χ0v) is 20.0. The van der Waals surface area contributed by atoms with Gasteiger partial charge in [-0.05, 0) is 60.2 Å². The minimum absolute atomic E-state index is 0.184. The van der Waals surface area contributed by atoms with Crippen molar-refractivity contribution < 1.29 is 4.79 Å². The van der Waals surface area contributed by atoms with Gasteiger partial charge >= 0.3 is 6.03 Å². The summed E-state index contributed by atoms with van der Waals surface area (Å²) in [7, 11) is 1.68. The molecule has 0 spiro atoms. The van der Waals surface area contributed by atoms with Crippen LogP contribution >= 0.6 is 11.6 Å². The number of halogens is 1. The fourth-order valence-electron chi connectivity index (χ4n) is 4.12. The van der Waals surface area contributed by atoms with E-state index in [1.165, 1.54) is 4.90 Å². The molecule has 0 fully saturated rings. The molecule has 0 aliphatic rings. The summed E-state index contributed by atoms with van der Waals surface area (Å²) in [6.45, 7) is 1.85. The highest BCUT2D eigenvalue weighted by Crippen LogP contribution is 2.25. The maximum atomic E-state index is 13.7. The summed E-state index contributed by atoms with van der Waals surface area (Å²) in [5, 5.41) is 5.98. The van der Waals surface area contributed by atoms with E-state index in [0.29, 0.717) is 33.1 Å². The molecule has 0 radical (unpaired) electrons. The minimum atomic E-state index is -0.516. The number of fused-ring (bicyclic) bond motifs is 2. The SMILES string of the molecule is CC(c1nc2ccccc2c(=O)n1-c1ccc2ccccc2c1)N(C)C(=O)Nc1cccc(Cl)c1. The summed E-state index contributed by atoms with van der Waals surface area (Å²) >= 11 is 6.06. The zero-order valence-electron chi connectivity index (χ0n) is 19.3. The Morgan fingerprint density at radius 3 is 2.49 bits per heavy atom. The molecule has 0 saturated heterocycles. The fraction of sp³-hybridized carbons (Fsp3) is 0.107. The van der Waals surface area contributed by atoms with Crippen LogP contribution in [0.2, 0.25) is 5.02 Å². The Bertz CT molecular complexity index is 1630. The van der Waals surface area contributed by atoms with Crippen LogP contribution in [0.15, 0.2) is 95.8 Å². The summed E-state index contributed by atoms with van der Waals surface area (Å²) in [4.78, 5) is 33.1. The van der Waals surface area contributed by atoms with Gasteiger partial charge in [-0.1, -0.05) is 60.1 Å². The number of carbonyl (C=O) groups excluding carboxylic acids is 1. The number of urea groups is 1.